The van der Waals surface area contributed by atoms with E-state index in [0.29, 0.717) is 5.75 Å². The molecule has 23 heavy (non-hydrogen) atoms. The van der Waals surface area contributed by atoms with E-state index in [-0.39, 0.29) is 11.3 Å². The number of aromatic nitrogens is 2. The highest BCUT2D eigenvalue weighted by atomic mass is 32.2. The molecule has 3 aromatic rings. The minimum absolute atomic E-state index is 0.0443. The summed E-state index contributed by atoms with van der Waals surface area (Å²) in [7, 11) is 0. The maximum atomic E-state index is 12.4. The molecule has 1 aliphatic heterocycles. The SMILES string of the molecule is O=C1CSC(c2ccccc2)N1c1ccc(-n2ccnc2)cc1. The molecule has 2 aromatic carbocycles. The second kappa shape index (κ2) is 5.93. The van der Waals surface area contributed by atoms with Crippen LogP contribution in [0.3, 0.4) is 0 Å². The van der Waals surface area contributed by atoms with E-state index in [9.17, 15) is 4.79 Å². The van der Waals surface area contributed by atoms with Gasteiger partial charge in [0, 0.05) is 23.8 Å². The highest BCUT2D eigenvalue weighted by Gasteiger charge is 2.33. The summed E-state index contributed by atoms with van der Waals surface area (Å²) in [5, 5.41) is 0.0443. The van der Waals surface area contributed by atoms with Crippen molar-refractivity contribution in [2.24, 2.45) is 0 Å². The molecule has 0 bridgehead atoms. The Morgan fingerprint density at radius 2 is 1.74 bits per heavy atom. The molecule has 0 radical (unpaired) electrons. The highest BCUT2D eigenvalue weighted by molar-refractivity contribution is 8.00. The van der Waals surface area contributed by atoms with Crippen LogP contribution in [0.2, 0.25) is 0 Å². The van der Waals surface area contributed by atoms with Crippen molar-refractivity contribution in [3.05, 3.63) is 78.9 Å². The van der Waals surface area contributed by atoms with Crippen molar-refractivity contribution in [2.45, 2.75) is 5.37 Å². The van der Waals surface area contributed by atoms with E-state index in [1.54, 1.807) is 24.3 Å². The lowest BCUT2D eigenvalue weighted by Crippen LogP contribution is -2.27. The minimum atomic E-state index is 0.0443. The Bertz CT molecular complexity index is 800. The lowest BCUT2D eigenvalue weighted by Gasteiger charge is -2.24. The molecule has 0 aliphatic carbocycles. The van der Waals surface area contributed by atoms with Crippen molar-refractivity contribution in [1.29, 1.82) is 0 Å². The molecule has 0 spiro atoms. The average Bonchev–Trinajstić information content (AvgIpc) is 3.26. The fourth-order valence-electron chi connectivity index (χ4n) is 2.76. The van der Waals surface area contributed by atoms with Gasteiger partial charge in [-0.05, 0) is 29.8 Å². The number of anilines is 1. The van der Waals surface area contributed by atoms with Crippen LogP contribution in [0, 0.1) is 0 Å². The molecule has 4 nitrogen and oxygen atoms in total. The van der Waals surface area contributed by atoms with Gasteiger partial charge in [0.25, 0.3) is 0 Å². The van der Waals surface area contributed by atoms with Crippen LogP contribution in [0.15, 0.2) is 73.3 Å². The van der Waals surface area contributed by atoms with E-state index >= 15 is 0 Å². The summed E-state index contributed by atoms with van der Waals surface area (Å²) < 4.78 is 1.94. The molecule has 0 saturated carbocycles. The largest absolute Gasteiger partial charge is 0.306 e. The van der Waals surface area contributed by atoms with Crippen LogP contribution in [0.5, 0.6) is 0 Å². The number of nitrogens with zero attached hydrogens (tertiary/aromatic N) is 3. The molecule has 1 atom stereocenters. The first-order valence-electron chi connectivity index (χ1n) is 7.40. The molecule has 1 saturated heterocycles. The van der Waals surface area contributed by atoms with Gasteiger partial charge in [-0.15, -0.1) is 11.8 Å². The van der Waals surface area contributed by atoms with Gasteiger partial charge in [-0.25, -0.2) is 4.98 Å². The summed E-state index contributed by atoms with van der Waals surface area (Å²) >= 11 is 1.67. The molecule has 1 unspecified atom stereocenters. The van der Waals surface area contributed by atoms with Crippen molar-refractivity contribution in [1.82, 2.24) is 9.55 Å². The maximum absolute atomic E-state index is 12.4. The van der Waals surface area contributed by atoms with Crippen LogP contribution < -0.4 is 4.90 Å². The number of carbonyl (C=O) groups excluding carboxylic acids is 1. The molecule has 1 amide bonds. The Morgan fingerprint density at radius 3 is 2.43 bits per heavy atom. The summed E-state index contributed by atoms with van der Waals surface area (Å²) in [4.78, 5) is 18.3. The molecule has 114 valence electrons. The molecule has 5 heteroatoms. The Hall–Kier alpha value is -2.53. The van der Waals surface area contributed by atoms with E-state index in [1.165, 1.54) is 0 Å². The fourth-order valence-corrected chi connectivity index (χ4v) is 3.94. The van der Waals surface area contributed by atoms with Crippen LogP contribution in [-0.2, 0) is 4.79 Å². The van der Waals surface area contributed by atoms with Crippen molar-refractivity contribution in [3.63, 3.8) is 0 Å². The number of carbonyl (C=O) groups is 1. The fraction of sp³-hybridized carbons (Fsp3) is 0.111. The molecule has 1 fully saturated rings. The van der Waals surface area contributed by atoms with Gasteiger partial charge in [-0.1, -0.05) is 30.3 Å². The topological polar surface area (TPSA) is 38.1 Å². The quantitative estimate of drug-likeness (QED) is 0.739. The number of benzene rings is 2. The summed E-state index contributed by atoms with van der Waals surface area (Å²) in [6, 6.07) is 18.2. The van der Waals surface area contributed by atoms with Gasteiger partial charge in [0.15, 0.2) is 0 Å². The molecule has 2 heterocycles. The standard InChI is InChI=1S/C18H15N3OS/c22-17-12-23-18(14-4-2-1-3-5-14)21(17)16-8-6-15(7-9-16)20-11-10-19-13-20/h1-11,13,18H,12H2. The second-order valence-electron chi connectivity index (χ2n) is 5.32. The second-order valence-corrected chi connectivity index (χ2v) is 6.39. The zero-order chi connectivity index (χ0) is 15.6. The number of thioether (sulfide) groups is 1. The van der Waals surface area contributed by atoms with E-state index in [0.717, 1.165) is 16.9 Å². The van der Waals surface area contributed by atoms with Gasteiger partial charge in [-0.3, -0.25) is 9.69 Å². The Kier molecular flexibility index (Phi) is 3.63. The van der Waals surface area contributed by atoms with Crippen molar-refractivity contribution in [3.8, 4) is 5.69 Å². The zero-order valence-electron chi connectivity index (χ0n) is 12.4. The third-order valence-electron chi connectivity index (χ3n) is 3.88. The molecule has 1 aromatic heterocycles. The van der Waals surface area contributed by atoms with Gasteiger partial charge in [0.1, 0.15) is 5.37 Å². The lowest BCUT2D eigenvalue weighted by molar-refractivity contribution is -0.115. The molecular weight excluding hydrogens is 306 g/mol. The Balaban J connectivity index is 1.66. The molecule has 0 N–H and O–H groups in total. The molecular formula is C18H15N3OS. The number of imidazole rings is 1. The van der Waals surface area contributed by atoms with Crippen LogP contribution in [0.1, 0.15) is 10.9 Å². The smallest absolute Gasteiger partial charge is 0.238 e. The first kappa shape index (κ1) is 14.1. The van der Waals surface area contributed by atoms with Crippen molar-refractivity contribution in [2.75, 3.05) is 10.7 Å². The summed E-state index contributed by atoms with van der Waals surface area (Å²) in [6.07, 6.45) is 5.41. The summed E-state index contributed by atoms with van der Waals surface area (Å²) in [5.74, 6) is 0.669. The maximum Gasteiger partial charge on any atom is 0.238 e. The van der Waals surface area contributed by atoms with Gasteiger partial charge >= 0.3 is 0 Å². The van der Waals surface area contributed by atoms with Gasteiger partial charge < -0.3 is 4.57 Å². The van der Waals surface area contributed by atoms with Crippen LogP contribution in [0.25, 0.3) is 5.69 Å². The number of hydrogen-bond donors (Lipinski definition) is 0. The number of rotatable bonds is 3. The third kappa shape index (κ3) is 2.64. The van der Waals surface area contributed by atoms with E-state index in [2.05, 4.69) is 17.1 Å². The first-order valence-corrected chi connectivity index (χ1v) is 8.45. The van der Waals surface area contributed by atoms with E-state index in [1.807, 2.05) is 58.1 Å². The van der Waals surface area contributed by atoms with Gasteiger partial charge in [-0.2, -0.15) is 0 Å². The van der Waals surface area contributed by atoms with Crippen LogP contribution in [-0.4, -0.2) is 21.2 Å². The van der Waals surface area contributed by atoms with Crippen molar-refractivity contribution >= 4 is 23.4 Å². The molecule has 4 rings (SSSR count). The molecule has 1 aliphatic rings. The third-order valence-corrected chi connectivity index (χ3v) is 5.10. The Labute approximate surface area is 138 Å². The predicted octanol–water partition coefficient (Wildman–Crippen LogP) is 3.65. The van der Waals surface area contributed by atoms with Gasteiger partial charge in [0.05, 0.1) is 12.1 Å². The lowest BCUT2D eigenvalue weighted by atomic mass is 10.2. The van der Waals surface area contributed by atoms with E-state index < -0.39 is 0 Å². The van der Waals surface area contributed by atoms with Gasteiger partial charge in [0.2, 0.25) is 5.91 Å². The Morgan fingerprint density at radius 1 is 1.00 bits per heavy atom. The number of hydrogen-bond acceptors (Lipinski definition) is 3. The predicted molar refractivity (Wildman–Crippen MR) is 92.7 cm³/mol. The summed E-state index contributed by atoms with van der Waals surface area (Å²) in [5.41, 5.74) is 3.11. The average molecular weight is 321 g/mol. The van der Waals surface area contributed by atoms with Crippen molar-refractivity contribution < 1.29 is 4.79 Å². The number of amides is 1. The zero-order valence-corrected chi connectivity index (χ0v) is 13.2. The van der Waals surface area contributed by atoms with Crippen LogP contribution in [0.4, 0.5) is 5.69 Å². The monoisotopic (exact) mass is 321 g/mol. The van der Waals surface area contributed by atoms with Crippen LogP contribution >= 0.6 is 11.8 Å². The first-order chi connectivity index (χ1) is 11.3. The van der Waals surface area contributed by atoms with E-state index in [4.69, 9.17) is 0 Å². The highest BCUT2D eigenvalue weighted by Crippen LogP contribution is 2.41. The summed E-state index contributed by atoms with van der Waals surface area (Å²) in [6.45, 7) is 0. The minimum Gasteiger partial charge on any atom is -0.306 e. The normalized spacial score (nSPS) is 17.7.